The van der Waals surface area contributed by atoms with E-state index in [-0.39, 0.29) is 36.1 Å². The Hall–Kier alpha value is -3.52. The van der Waals surface area contributed by atoms with Crippen LogP contribution in [0, 0.1) is 5.92 Å². The Bertz CT molecular complexity index is 1280. The van der Waals surface area contributed by atoms with Crippen molar-refractivity contribution in [3.8, 4) is 11.1 Å². The number of amides is 1. The van der Waals surface area contributed by atoms with Crippen LogP contribution in [-0.2, 0) is 17.9 Å². The summed E-state index contributed by atoms with van der Waals surface area (Å²) in [7, 11) is 1.98. The minimum Gasteiger partial charge on any atom is -0.478 e. The predicted molar refractivity (Wildman–Crippen MR) is 147 cm³/mol. The zero-order chi connectivity index (χ0) is 27.2. The van der Waals surface area contributed by atoms with Gasteiger partial charge in [0.1, 0.15) is 0 Å². The minimum absolute atomic E-state index is 0.0295. The first kappa shape index (κ1) is 27.5. The van der Waals surface area contributed by atoms with Crippen molar-refractivity contribution < 1.29 is 24.5 Å². The average Bonchev–Trinajstić information content (AvgIpc) is 2.94. The lowest BCUT2D eigenvalue weighted by molar-refractivity contribution is -0.0241. The number of carbonyl (C=O) groups excluding carboxylic acids is 1. The summed E-state index contributed by atoms with van der Waals surface area (Å²) in [6, 6.07) is 22.2. The number of aromatic carboxylic acids is 1. The number of nitrogens with zero attached hydrogens (tertiary/aromatic N) is 2. The first-order valence-corrected chi connectivity index (χ1v) is 13.0. The molecule has 200 valence electrons. The van der Waals surface area contributed by atoms with Gasteiger partial charge in [0, 0.05) is 31.1 Å². The molecule has 4 rings (SSSR count). The summed E-state index contributed by atoms with van der Waals surface area (Å²) in [6.07, 6.45) is -0.210. The van der Waals surface area contributed by atoms with E-state index in [1.54, 1.807) is 23.1 Å². The Morgan fingerprint density at radius 3 is 2.45 bits per heavy atom. The van der Waals surface area contributed by atoms with Crippen molar-refractivity contribution in [3.05, 3.63) is 95.1 Å². The van der Waals surface area contributed by atoms with Crippen molar-refractivity contribution >= 4 is 11.9 Å². The number of rotatable bonds is 7. The van der Waals surface area contributed by atoms with Gasteiger partial charge in [-0.1, -0.05) is 61.5 Å². The number of carboxylic acids is 1. The Labute approximate surface area is 224 Å². The Morgan fingerprint density at radius 1 is 1.05 bits per heavy atom. The molecule has 0 unspecified atom stereocenters. The number of aliphatic hydroxyl groups excluding tert-OH is 1. The van der Waals surface area contributed by atoms with Crippen LogP contribution < -0.4 is 0 Å². The van der Waals surface area contributed by atoms with Crippen LogP contribution in [0.3, 0.4) is 0 Å². The molecule has 0 aromatic heterocycles. The summed E-state index contributed by atoms with van der Waals surface area (Å²) in [5.74, 6) is -1.08. The Kier molecular flexibility index (Phi) is 8.94. The highest BCUT2D eigenvalue weighted by molar-refractivity contribution is 6.01. The first-order chi connectivity index (χ1) is 18.3. The number of fused-ring (bicyclic) bond motifs is 3. The second-order valence-corrected chi connectivity index (χ2v) is 10.2. The molecule has 38 heavy (non-hydrogen) atoms. The van der Waals surface area contributed by atoms with Gasteiger partial charge in [-0.2, -0.15) is 0 Å². The standard InChI is InChI=1S/C31H36N2O5/c1-21-16-33(22(2)19-34)30(35)28-14-7-6-13-27(28)26-12-5-4-10-25(26)20-38-29(21)18-32(3)17-23-9-8-11-24(15-23)31(36)37/h4-15,21-22,29,34H,16-20H2,1-3H3,(H,36,37)/t21-,22-,29-/m1/s1. The van der Waals surface area contributed by atoms with E-state index in [0.29, 0.717) is 31.8 Å². The molecule has 0 saturated carbocycles. The van der Waals surface area contributed by atoms with Crippen molar-refractivity contribution in [3.63, 3.8) is 0 Å². The molecule has 0 bridgehead atoms. The molecule has 0 aliphatic carbocycles. The van der Waals surface area contributed by atoms with Gasteiger partial charge in [-0.25, -0.2) is 4.79 Å². The van der Waals surface area contributed by atoms with E-state index in [1.807, 2.05) is 68.6 Å². The zero-order valence-electron chi connectivity index (χ0n) is 22.2. The fraction of sp³-hybridized carbons (Fsp3) is 0.355. The maximum Gasteiger partial charge on any atom is 0.335 e. The molecule has 1 aliphatic heterocycles. The third-order valence-electron chi connectivity index (χ3n) is 7.21. The molecule has 0 radical (unpaired) electrons. The van der Waals surface area contributed by atoms with E-state index >= 15 is 0 Å². The number of hydrogen-bond donors (Lipinski definition) is 2. The number of hydrogen-bond acceptors (Lipinski definition) is 5. The molecule has 0 saturated heterocycles. The van der Waals surface area contributed by atoms with Crippen LogP contribution in [0.25, 0.3) is 11.1 Å². The fourth-order valence-corrected chi connectivity index (χ4v) is 5.04. The highest BCUT2D eigenvalue weighted by Gasteiger charge is 2.30. The fourth-order valence-electron chi connectivity index (χ4n) is 5.04. The van der Waals surface area contributed by atoms with Crippen molar-refractivity contribution in [2.45, 2.75) is 39.1 Å². The van der Waals surface area contributed by atoms with Crippen molar-refractivity contribution in [1.29, 1.82) is 0 Å². The van der Waals surface area contributed by atoms with Gasteiger partial charge in [0.2, 0.25) is 0 Å². The number of carboxylic acid groups (broad SMARTS) is 1. The largest absolute Gasteiger partial charge is 0.478 e. The van der Waals surface area contributed by atoms with Gasteiger partial charge < -0.3 is 19.8 Å². The molecule has 2 N–H and O–H groups in total. The maximum atomic E-state index is 13.9. The second kappa shape index (κ2) is 12.3. The highest BCUT2D eigenvalue weighted by atomic mass is 16.5. The van der Waals surface area contributed by atoms with Crippen LogP contribution in [0.1, 0.15) is 45.7 Å². The average molecular weight is 517 g/mol. The smallest absolute Gasteiger partial charge is 0.335 e. The van der Waals surface area contributed by atoms with Crippen molar-refractivity contribution in [1.82, 2.24) is 9.80 Å². The third-order valence-corrected chi connectivity index (χ3v) is 7.21. The summed E-state index contributed by atoms with van der Waals surface area (Å²) in [5, 5.41) is 19.3. The number of benzene rings is 3. The van der Waals surface area contributed by atoms with Crippen LogP contribution in [0.15, 0.2) is 72.8 Å². The van der Waals surface area contributed by atoms with E-state index in [1.165, 1.54) is 0 Å². The number of carbonyl (C=O) groups is 2. The summed E-state index contributed by atoms with van der Waals surface area (Å²) in [5.41, 5.74) is 4.60. The van der Waals surface area contributed by atoms with E-state index in [2.05, 4.69) is 11.8 Å². The van der Waals surface area contributed by atoms with Gasteiger partial charge >= 0.3 is 5.97 Å². The molecule has 0 fully saturated rings. The summed E-state index contributed by atoms with van der Waals surface area (Å²) in [6.45, 7) is 5.77. The van der Waals surface area contributed by atoms with E-state index < -0.39 is 5.97 Å². The topological polar surface area (TPSA) is 90.3 Å². The lowest BCUT2D eigenvalue weighted by Gasteiger charge is -2.35. The van der Waals surface area contributed by atoms with Crippen LogP contribution >= 0.6 is 0 Å². The van der Waals surface area contributed by atoms with Gasteiger partial charge in [-0.15, -0.1) is 0 Å². The van der Waals surface area contributed by atoms with Crippen LogP contribution in [0.5, 0.6) is 0 Å². The van der Waals surface area contributed by atoms with Gasteiger partial charge in [-0.3, -0.25) is 9.69 Å². The lowest BCUT2D eigenvalue weighted by atomic mass is 9.94. The van der Waals surface area contributed by atoms with E-state index in [0.717, 1.165) is 22.3 Å². The third kappa shape index (κ3) is 6.30. The van der Waals surface area contributed by atoms with Gasteiger partial charge in [-0.05, 0) is 54.4 Å². The Balaban J connectivity index is 1.65. The van der Waals surface area contributed by atoms with Crippen LogP contribution in [0.2, 0.25) is 0 Å². The SMILES string of the molecule is C[C@@H]1CN([C@H](C)CO)C(=O)c2ccccc2-c2ccccc2CO[C@@H]1CN(C)Cc1cccc(C(=O)O)c1. The summed E-state index contributed by atoms with van der Waals surface area (Å²) in [4.78, 5) is 29.2. The molecule has 0 spiro atoms. The lowest BCUT2D eigenvalue weighted by Crippen LogP contribution is -2.47. The first-order valence-electron chi connectivity index (χ1n) is 13.0. The molecule has 3 aromatic carbocycles. The number of aliphatic hydroxyl groups is 1. The van der Waals surface area contributed by atoms with E-state index in [9.17, 15) is 19.8 Å². The number of ether oxygens (including phenoxy) is 1. The van der Waals surface area contributed by atoms with Crippen LogP contribution in [-0.4, -0.2) is 70.8 Å². The minimum atomic E-state index is -0.947. The molecule has 7 nitrogen and oxygen atoms in total. The molecular formula is C31H36N2O5. The van der Waals surface area contributed by atoms with Gasteiger partial charge in [0.15, 0.2) is 0 Å². The van der Waals surface area contributed by atoms with Crippen molar-refractivity contribution in [2.24, 2.45) is 5.92 Å². The normalized spacial score (nSPS) is 18.9. The zero-order valence-corrected chi connectivity index (χ0v) is 22.2. The van der Waals surface area contributed by atoms with Gasteiger partial charge in [0.05, 0.1) is 30.9 Å². The predicted octanol–water partition coefficient (Wildman–Crippen LogP) is 4.54. The Morgan fingerprint density at radius 2 is 1.74 bits per heavy atom. The molecule has 3 aromatic rings. The van der Waals surface area contributed by atoms with Crippen LogP contribution in [0.4, 0.5) is 0 Å². The molecule has 3 atom stereocenters. The highest BCUT2D eigenvalue weighted by Crippen LogP contribution is 2.31. The maximum absolute atomic E-state index is 13.9. The summed E-state index contributed by atoms with van der Waals surface area (Å²) < 4.78 is 6.56. The van der Waals surface area contributed by atoms with Crippen molar-refractivity contribution in [2.75, 3.05) is 26.7 Å². The number of likely N-dealkylation sites (N-methyl/N-ethyl adjacent to an activating group) is 1. The second-order valence-electron chi connectivity index (χ2n) is 10.2. The molecular weight excluding hydrogens is 480 g/mol. The van der Waals surface area contributed by atoms with E-state index in [4.69, 9.17) is 4.74 Å². The molecule has 7 heteroatoms. The summed E-state index contributed by atoms with van der Waals surface area (Å²) >= 11 is 0. The quantitative estimate of drug-likeness (QED) is 0.479. The van der Waals surface area contributed by atoms with Gasteiger partial charge in [0.25, 0.3) is 5.91 Å². The molecule has 1 amide bonds. The monoisotopic (exact) mass is 516 g/mol. The molecule has 1 aliphatic rings. The molecule has 1 heterocycles.